The maximum absolute atomic E-state index is 14.9. The Morgan fingerprint density at radius 2 is 1.66 bits per heavy atom. The Morgan fingerprint density at radius 1 is 0.886 bits per heavy atom. The van der Waals surface area contributed by atoms with Crippen LogP contribution in [0.3, 0.4) is 0 Å². The van der Waals surface area contributed by atoms with E-state index in [1.165, 1.54) is 6.20 Å². The molecule has 0 saturated carbocycles. The van der Waals surface area contributed by atoms with Crippen molar-refractivity contribution in [3.8, 4) is 28.3 Å². The molecule has 0 radical (unpaired) electrons. The van der Waals surface area contributed by atoms with Gasteiger partial charge in [0.2, 0.25) is 5.95 Å². The fraction of sp³-hybridized carbons (Fsp3) is 0.212. The van der Waals surface area contributed by atoms with E-state index in [1.807, 2.05) is 72.5 Å². The standard InChI is InChI=1S/C33H31FN8O2/c1-40-30-17-24(5-6-25(30)19-35-40)29-18-31(39-33(38-29)41-13-15-44-16-14-41)37-26-9-7-23(8-10-26)32-28(34)20-36-42(32)21-22-3-11-27(43-2)12-4-22/h3-12,17-20H,13-16,21H2,1-2H3,(H,37,38,39). The van der Waals surface area contributed by atoms with E-state index in [0.717, 1.165) is 44.7 Å². The number of anilines is 3. The van der Waals surface area contributed by atoms with Gasteiger partial charge in [0, 0.05) is 48.4 Å². The smallest absolute Gasteiger partial charge is 0.228 e. The summed E-state index contributed by atoms with van der Waals surface area (Å²) in [5, 5.41) is 13.2. The van der Waals surface area contributed by atoms with Gasteiger partial charge in [-0.25, -0.2) is 9.37 Å². The van der Waals surface area contributed by atoms with Gasteiger partial charge in [0.25, 0.3) is 0 Å². The van der Waals surface area contributed by atoms with Crippen molar-refractivity contribution in [1.29, 1.82) is 0 Å². The minimum absolute atomic E-state index is 0.375. The molecule has 11 heteroatoms. The second-order valence-corrected chi connectivity index (χ2v) is 10.6. The average Bonchev–Trinajstić information content (AvgIpc) is 3.63. The van der Waals surface area contributed by atoms with Gasteiger partial charge in [-0.05, 0) is 35.9 Å². The number of ether oxygens (including phenoxy) is 2. The third kappa shape index (κ3) is 5.57. The summed E-state index contributed by atoms with van der Waals surface area (Å²) >= 11 is 0. The first-order valence-corrected chi connectivity index (χ1v) is 14.4. The van der Waals surface area contributed by atoms with E-state index >= 15 is 0 Å². The monoisotopic (exact) mass is 590 g/mol. The lowest BCUT2D eigenvalue weighted by Gasteiger charge is -2.27. The quantitative estimate of drug-likeness (QED) is 0.242. The number of fused-ring (bicyclic) bond motifs is 1. The molecule has 0 aliphatic carbocycles. The number of hydrogen-bond acceptors (Lipinski definition) is 8. The normalized spacial score (nSPS) is 13.4. The Morgan fingerprint density at radius 3 is 2.43 bits per heavy atom. The lowest BCUT2D eigenvalue weighted by Crippen LogP contribution is -2.37. The van der Waals surface area contributed by atoms with Crippen molar-refractivity contribution in [3.63, 3.8) is 0 Å². The van der Waals surface area contributed by atoms with Crippen molar-refractivity contribution in [2.75, 3.05) is 43.6 Å². The van der Waals surface area contributed by atoms with Gasteiger partial charge in [0.15, 0.2) is 5.82 Å². The fourth-order valence-electron chi connectivity index (χ4n) is 5.39. The van der Waals surface area contributed by atoms with Gasteiger partial charge in [0.05, 0.1) is 50.5 Å². The number of nitrogens with one attached hydrogen (secondary N) is 1. The number of hydrogen-bond donors (Lipinski definition) is 1. The van der Waals surface area contributed by atoms with E-state index in [1.54, 1.807) is 11.8 Å². The molecule has 0 atom stereocenters. The molecule has 1 N–H and O–H groups in total. The number of nitrogens with zero attached hydrogens (tertiary/aromatic N) is 7. The van der Waals surface area contributed by atoms with Gasteiger partial charge in [0.1, 0.15) is 17.3 Å². The third-order valence-corrected chi connectivity index (χ3v) is 7.77. The van der Waals surface area contributed by atoms with E-state index in [4.69, 9.17) is 19.4 Å². The van der Waals surface area contributed by atoms with Gasteiger partial charge in [-0.3, -0.25) is 9.36 Å². The Hall–Kier alpha value is -5.29. The SMILES string of the molecule is COc1ccc(Cn2ncc(F)c2-c2ccc(Nc3cc(-c4ccc5cnn(C)c5c4)nc(N4CCOCC4)n3)cc2)cc1. The molecule has 10 nitrogen and oxygen atoms in total. The number of aromatic nitrogens is 6. The first-order chi connectivity index (χ1) is 21.5. The van der Waals surface area contributed by atoms with Crippen molar-refractivity contribution in [2.45, 2.75) is 6.54 Å². The molecule has 44 heavy (non-hydrogen) atoms. The number of aryl methyl sites for hydroxylation is 1. The second-order valence-electron chi connectivity index (χ2n) is 10.6. The van der Waals surface area contributed by atoms with Gasteiger partial charge >= 0.3 is 0 Å². The van der Waals surface area contributed by atoms with Gasteiger partial charge in [-0.1, -0.05) is 36.4 Å². The Kier molecular flexibility index (Phi) is 7.37. The first kappa shape index (κ1) is 27.5. The minimum Gasteiger partial charge on any atom is -0.497 e. The summed E-state index contributed by atoms with van der Waals surface area (Å²) in [6, 6.07) is 23.4. The molecule has 0 bridgehead atoms. The summed E-state index contributed by atoms with van der Waals surface area (Å²) in [4.78, 5) is 11.9. The van der Waals surface area contributed by atoms with E-state index in [9.17, 15) is 4.39 Å². The molecule has 0 spiro atoms. The summed E-state index contributed by atoms with van der Waals surface area (Å²) in [6.07, 6.45) is 3.11. The largest absolute Gasteiger partial charge is 0.497 e. The summed E-state index contributed by atoms with van der Waals surface area (Å²) in [7, 11) is 3.56. The number of rotatable bonds is 8. The molecule has 222 valence electrons. The van der Waals surface area contributed by atoms with Crippen LogP contribution in [0.25, 0.3) is 33.4 Å². The zero-order valence-electron chi connectivity index (χ0n) is 24.4. The number of benzene rings is 3. The molecule has 1 fully saturated rings. The maximum atomic E-state index is 14.9. The average molecular weight is 591 g/mol. The third-order valence-electron chi connectivity index (χ3n) is 7.77. The molecule has 0 amide bonds. The summed E-state index contributed by atoms with van der Waals surface area (Å²) in [6.45, 7) is 3.12. The van der Waals surface area contributed by atoms with E-state index in [0.29, 0.717) is 50.3 Å². The molecule has 1 aliphatic heterocycles. The van der Waals surface area contributed by atoms with Gasteiger partial charge in [-0.15, -0.1) is 0 Å². The van der Waals surface area contributed by atoms with E-state index < -0.39 is 0 Å². The molecule has 3 aromatic carbocycles. The van der Waals surface area contributed by atoms with Crippen LogP contribution in [0, 0.1) is 5.82 Å². The van der Waals surface area contributed by atoms with Crippen LogP contribution in [0.15, 0.2) is 85.2 Å². The highest BCUT2D eigenvalue weighted by Crippen LogP contribution is 2.30. The van der Waals surface area contributed by atoms with Crippen LogP contribution in [-0.2, 0) is 18.3 Å². The highest BCUT2D eigenvalue weighted by Gasteiger charge is 2.18. The Bertz CT molecular complexity index is 1910. The molecule has 1 saturated heterocycles. The number of halogens is 1. The van der Waals surface area contributed by atoms with Crippen molar-refractivity contribution >= 4 is 28.4 Å². The predicted molar refractivity (Wildman–Crippen MR) is 168 cm³/mol. The molecular weight excluding hydrogens is 559 g/mol. The van der Waals surface area contributed by atoms with Crippen molar-refractivity contribution in [2.24, 2.45) is 7.05 Å². The molecule has 7 rings (SSSR count). The van der Waals surface area contributed by atoms with Crippen LogP contribution in [0.4, 0.5) is 21.8 Å². The van der Waals surface area contributed by atoms with Crippen LogP contribution >= 0.6 is 0 Å². The van der Waals surface area contributed by atoms with Crippen molar-refractivity contribution in [1.82, 2.24) is 29.5 Å². The lowest BCUT2D eigenvalue weighted by molar-refractivity contribution is 0.122. The number of methoxy groups -OCH3 is 1. The molecule has 0 unspecified atom stereocenters. The van der Waals surface area contributed by atoms with Crippen LogP contribution in [0.5, 0.6) is 5.75 Å². The molecular formula is C33H31FN8O2. The van der Waals surface area contributed by atoms with E-state index in [-0.39, 0.29) is 5.82 Å². The van der Waals surface area contributed by atoms with E-state index in [2.05, 4.69) is 38.6 Å². The topological polar surface area (TPSA) is 95.1 Å². The van der Waals surface area contributed by atoms with Gasteiger partial charge in [-0.2, -0.15) is 15.2 Å². The fourth-order valence-corrected chi connectivity index (χ4v) is 5.39. The highest BCUT2D eigenvalue weighted by molar-refractivity contribution is 5.84. The predicted octanol–water partition coefficient (Wildman–Crippen LogP) is 5.67. The number of morpholine rings is 1. The zero-order valence-corrected chi connectivity index (χ0v) is 24.4. The Balaban J connectivity index is 1.17. The summed E-state index contributed by atoms with van der Waals surface area (Å²) < 4.78 is 29.3. The Labute approximate surface area is 253 Å². The summed E-state index contributed by atoms with van der Waals surface area (Å²) in [5.41, 5.74) is 5.75. The summed E-state index contributed by atoms with van der Waals surface area (Å²) in [5.74, 6) is 1.69. The molecule has 4 heterocycles. The molecule has 6 aromatic rings. The zero-order chi connectivity index (χ0) is 30.0. The van der Waals surface area contributed by atoms with Gasteiger partial charge < -0.3 is 19.7 Å². The van der Waals surface area contributed by atoms with Crippen LogP contribution in [0.1, 0.15) is 5.56 Å². The molecule has 1 aliphatic rings. The first-order valence-electron chi connectivity index (χ1n) is 14.4. The minimum atomic E-state index is -0.375. The van der Waals surface area contributed by atoms with Crippen LogP contribution < -0.4 is 15.0 Å². The van der Waals surface area contributed by atoms with Crippen LogP contribution in [0.2, 0.25) is 0 Å². The lowest BCUT2D eigenvalue weighted by atomic mass is 10.1. The highest BCUT2D eigenvalue weighted by atomic mass is 19.1. The second kappa shape index (κ2) is 11.8. The maximum Gasteiger partial charge on any atom is 0.228 e. The van der Waals surface area contributed by atoms with Crippen LogP contribution in [-0.4, -0.2) is 62.9 Å². The van der Waals surface area contributed by atoms with Crippen molar-refractivity contribution < 1.29 is 13.9 Å². The van der Waals surface area contributed by atoms with Crippen molar-refractivity contribution in [3.05, 3.63) is 96.6 Å². The molecule has 3 aromatic heterocycles.